The number of nitrogens with one attached hydrogen (secondary N) is 1. The third-order valence-electron chi connectivity index (χ3n) is 3.82. The Morgan fingerprint density at radius 1 is 1.00 bits per heavy atom. The molecule has 0 heterocycles. The summed E-state index contributed by atoms with van der Waals surface area (Å²) in [5.41, 5.74) is 2.43. The number of carbonyl (C=O) groups is 2. The topological polar surface area (TPSA) is 49.4 Å². The van der Waals surface area contributed by atoms with Crippen LogP contribution in [0, 0.1) is 0 Å². The van der Waals surface area contributed by atoms with E-state index in [0.29, 0.717) is 24.2 Å². The predicted octanol–water partition coefficient (Wildman–Crippen LogP) is 4.09. The van der Waals surface area contributed by atoms with Gasteiger partial charge in [-0.1, -0.05) is 37.3 Å². The SMILES string of the molecule is CCC(=O)Nc1ccc(C(=O)N(Cc2ccccc2)C(C)C)cc1. The summed E-state index contributed by atoms with van der Waals surface area (Å²) in [6, 6.07) is 17.1. The summed E-state index contributed by atoms with van der Waals surface area (Å²) >= 11 is 0. The van der Waals surface area contributed by atoms with Gasteiger partial charge in [0.25, 0.3) is 5.91 Å². The van der Waals surface area contributed by atoms with Gasteiger partial charge in [0.15, 0.2) is 0 Å². The molecular formula is C20H24N2O2. The van der Waals surface area contributed by atoms with Crippen LogP contribution in [0.25, 0.3) is 0 Å². The van der Waals surface area contributed by atoms with Gasteiger partial charge in [0.05, 0.1) is 0 Å². The number of rotatable bonds is 6. The first-order chi connectivity index (χ1) is 11.5. The second-order valence-corrected chi connectivity index (χ2v) is 5.99. The van der Waals surface area contributed by atoms with Gasteiger partial charge in [0.2, 0.25) is 5.91 Å². The van der Waals surface area contributed by atoms with E-state index in [9.17, 15) is 9.59 Å². The van der Waals surface area contributed by atoms with Gasteiger partial charge in [0.1, 0.15) is 0 Å². The number of anilines is 1. The molecule has 0 spiro atoms. The fraction of sp³-hybridized carbons (Fsp3) is 0.300. The van der Waals surface area contributed by atoms with Crippen LogP contribution in [-0.4, -0.2) is 22.8 Å². The molecule has 0 aliphatic rings. The number of hydrogen-bond donors (Lipinski definition) is 1. The molecule has 2 aromatic rings. The van der Waals surface area contributed by atoms with Gasteiger partial charge in [-0.3, -0.25) is 9.59 Å². The summed E-state index contributed by atoms with van der Waals surface area (Å²) < 4.78 is 0. The first-order valence-electron chi connectivity index (χ1n) is 8.26. The summed E-state index contributed by atoms with van der Waals surface area (Å²) in [6.45, 7) is 6.40. The van der Waals surface area contributed by atoms with Crippen LogP contribution in [0.1, 0.15) is 43.1 Å². The number of benzene rings is 2. The monoisotopic (exact) mass is 324 g/mol. The Labute approximate surface area is 143 Å². The maximum absolute atomic E-state index is 12.8. The highest BCUT2D eigenvalue weighted by Crippen LogP contribution is 2.16. The predicted molar refractivity (Wildman–Crippen MR) is 96.8 cm³/mol. The highest BCUT2D eigenvalue weighted by atomic mass is 16.2. The van der Waals surface area contributed by atoms with Gasteiger partial charge in [-0.05, 0) is 43.7 Å². The Hall–Kier alpha value is -2.62. The minimum absolute atomic E-state index is 0.0118. The first kappa shape index (κ1) is 17.7. The quantitative estimate of drug-likeness (QED) is 0.870. The van der Waals surface area contributed by atoms with Gasteiger partial charge in [-0.15, -0.1) is 0 Å². The van der Waals surface area contributed by atoms with Crippen molar-refractivity contribution in [3.63, 3.8) is 0 Å². The fourth-order valence-electron chi connectivity index (χ4n) is 2.38. The highest BCUT2D eigenvalue weighted by molar-refractivity contribution is 5.96. The Bertz CT molecular complexity index is 679. The lowest BCUT2D eigenvalue weighted by Crippen LogP contribution is -2.36. The number of amides is 2. The average Bonchev–Trinajstić information content (AvgIpc) is 2.60. The van der Waals surface area contributed by atoms with E-state index < -0.39 is 0 Å². The van der Waals surface area contributed by atoms with Crippen molar-refractivity contribution in [2.45, 2.75) is 39.8 Å². The largest absolute Gasteiger partial charge is 0.332 e. The molecule has 0 aliphatic heterocycles. The molecule has 4 nitrogen and oxygen atoms in total. The van der Waals surface area contributed by atoms with Gasteiger partial charge in [0, 0.05) is 30.3 Å². The summed E-state index contributed by atoms with van der Waals surface area (Å²) in [5, 5.41) is 2.79. The van der Waals surface area contributed by atoms with E-state index in [2.05, 4.69) is 5.32 Å². The van der Waals surface area contributed by atoms with E-state index in [4.69, 9.17) is 0 Å². The van der Waals surface area contributed by atoms with Gasteiger partial charge in [-0.2, -0.15) is 0 Å². The smallest absolute Gasteiger partial charge is 0.254 e. The minimum Gasteiger partial charge on any atom is -0.332 e. The molecule has 4 heteroatoms. The van der Waals surface area contributed by atoms with Crippen molar-refractivity contribution in [3.8, 4) is 0 Å². The zero-order chi connectivity index (χ0) is 17.5. The van der Waals surface area contributed by atoms with Crippen molar-refractivity contribution < 1.29 is 9.59 Å². The van der Waals surface area contributed by atoms with Crippen LogP contribution >= 0.6 is 0 Å². The lowest BCUT2D eigenvalue weighted by molar-refractivity contribution is -0.115. The van der Waals surface area contributed by atoms with Crippen molar-refractivity contribution in [2.75, 3.05) is 5.32 Å². The molecule has 0 saturated carbocycles. The molecule has 2 amide bonds. The summed E-state index contributed by atoms with van der Waals surface area (Å²) in [7, 11) is 0. The van der Waals surface area contributed by atoms with Crippen LogP contribution in [0.5, 0.6) is 0 Å². The van der Waals surface area contributed by atoms with Gasteiger partial charge >= 0.3 is 0 Å². The van der Waals surface area contributed by atoms with Crippen LogP contribution in [0.2, 0.25) is 0 Å². The van der Waals surface area contributed by atoms with Crippen LogP contribution in [0.3, 0.4) is 0 Å². The van der Waals surface area contributed by atoms with Crippen LogP contribution in [0.4, 0.5) is 5.69 Å². The Morgan fingerprint density at radius 2 is 1.62 bits per heavy atom. The minimum atomic E-state index is -0.0399. The maximum Gasteiger partial charge on any atom is 0.254 e. The Kier molecular flexibility index (Phi) is 6.13. The molecule has 0 aromatic heterocycles. The van der Waals surface area contributed by atoms with Crippen molar-refractivity contribution in [1.29, 1.82) is 0 Å². The van der Waals surface area contributed by atoms with E-state index in [1.807, 2.05) is 49.1 Å². The molecule has 0 unspecified atom stereocenters. The molecule has 1 N–H and O–H groups in total. The molecule has 0 atom stereocenters. The van der Waals surface area contributed by atoms with Crippen molar-refractivity contribution in [1.82, 2.24) is 4.90 Å². The molecule has 126 valence electrons. The second-order valence-electron chi connectivity index (χ2n) is 5.99. The standard InChI is InChI=1S/C20H24N2O2/c1-4-19(23)21-18-12-10-17(11-13-18)20(24)22(15(2)3)14-16-8-6-5-7-9-16/h5-13,15H,4,14H2,1-3H3,(H,21,23). The number of hydrogen-bond acceptors (Lipinski definition) is 2. The van der Waals surface area contributed by atoms with Gasteiger partial charge in [-0.25, -0.2) is 0 Å². The van der Waals surface area contributed by atoms with E-state index >= 15 is 0 Å². The molecule has 0 bridgehead atoms. The molecule has 0 fully saturated rings. The van der Waals surface area contributed by atoms with Crippen molar-refractivity contribution in [2.24, 2.45) is 0 Å². The molecule has 24 heavy (non-hydrogen) atoms. The maximum atomic E-state index is 12.8. The normalized spacial score (nSPS) is 10.5. The number of nitrogens with zero attached hydrogens (tertiary/aromatic N) is 1. The van der Waals surface area contributed by atoms with Crippen molar-refractivity contribution in [3.05, 3.63) is 65.7 Å². The van der Waals surface area contributed by atoms with E-state index in [-0.39, 0.29) is 17.9 Å². The summed E-state index contributed by atoms with van der Waals surface area (Å²) in [6.07, 6.45) is 0.429. The molecular weight excluding hydrogens is 300 g/mol. The lowest BCUT2D eigenvalue weighted by atomic mass is 10.1. The van der Waals surface area contributed by atoms with Crippen molar-refractivity contribution >= 4 is 17.5 Å². The fourth-order valence-corrected chi connectivity index (χ4v) is 2.38. The average molecular weight is 324 g/mol. The third-order valence-corrected chi connectivity index (χ3v) is 3.82. The van der Waals surface area contributed by atoms with E-state index in [1.165, 1.54) is 0 Å². The van der Waals surface area contributed by atoms with Crippen LogP contribution in [0.15, 0.2) is 54.6 Å². The van der Waals surface area contributed by atoms with Crippen LogP contribution in [-0.2, 0) is 11.3 Å². The molecule has 0 radical (unpaired) electrons. The Morgan fingerprint density at radius 3 is 2.17 bits per heavy atom. The molecule has 2 rings (SSSR count). The lowest BCUT2D eigenvalue weighted by Gasteiger charge is -2.27. The summed E-state index contributed by atoms with van der Waals surface area (Å²) in [4.78, 5) is 26.1. The Balaban J connectivity index is 2.13. The zero-order valence-corrected chi connectivity index (χ0v) is 14.5. The molecule has 2 aromatic carbocycles. The van der Waals surface area contributed by atoms with Gasteiger partial charge < -0.3 is 10.2 Å². The highest BCUT2D eigenvalue weighted by Gasteiger charge is 2.19. The van der Waals surface area contributed by atoms with Crippen LogP contribution < -0.4 is 5.32 Å². The second kappa shape index (κ2) is 8.29. The summed E-state index contributed by atoms with van der Waals surface area (Å²) in [5.74, 6) is -0.0517. The zero-order valence-electron chi connectivity index (χ0n) is 14.5. The van der Waals surface area contributed by atoms with E-state index in [0.717, 1.165) is 5.56 Å². The van der Waals surface area contributed by atoms with E-state index in [1.54, 1.807) is 31.2 Å². The molecule has 0 aliphatic carbocycles. The molecule has 0 saturated heterocycles. The first-order valence-corrected chi connectivity index (χ1v) is 8.26. The third kappa shape index (κ3) is 4.69. The number of carbonyl (C=O) groups excluding carboxylic acids is 2.